The molecule has 3 rings (SSSR count). The van der Waals surface area contributed by atoms with Gasteiger partial charge in [0.25, 0.3) is 5.91 Å². The highest BCUT2D eigenvalue weighted by molar-refractivity contribution is 7.14. The number of nitrogens with zero attached hydrogens (tertiary/aromatic N) is 2. The maximum Gasteiger partial charge on any atom is 0.273 e. The van der Waals surface area contributed by atoms with Crippen LogP contribution in [0.4, 0.5) is 10.8 Å². The average Bonchev–Trinajstić information content (AvgIpc) is 2.89. The molecule has 0 unspecified atom stereocenters. The lowest BCUT2D eigenvalue weighted by atomic mass is 10.2. The summed E-state index contributed by atoms with van der Waals surface area (Å²) in [5, 5.41) is 5.82. The van der Waals surface area contributed by atoms with Gasteiger partial charge in [-0.15, -0.1) is 11.3 Å². The Kier molecular flexibility index (Phi) is 5.69. The van der Waals surface area contributed by atoms with Crippen LogP contribution in [0.25, 0.3) is 0 Å². The summed E-state index contributed by atoms with van der Waals surface area (Å²) in [6, 6.07) is 7.73. The zero-order valence-electron chi connectivity index (χ0n) is 14.0. The number of aromatic nitrogens is 1. The molecule has 1 aromatic carbocycles. The number of carbonyl (C=O) groups excluding carboxylic acids is 1. The van der Waals surface area contributed by atoms with Crippen LogP contribution in [-0.4, -0.2) is 35.5 Å². The van der Waals surface area contributed by atoms with E-state index in [4.69, 9.17) is 4.74 Å². The number of rotatable bonds is 5. The van der Waals surface area contributed by atoms with Crippen LogP contribution in [0, 0.1) is 0 Å². The molecule has 0 radical (unpaired) electrons. The minimum absolute atomic E-state index is 0.0490. The Hall–Kier alpha value is -2.08. The van der Waals surface area contributed by atoms with Gasteiger partial charge >= 0.3 is 0 Å². The number of hydrogen-bond donors (Lipinski definition) is 1. The van der Waals surface area contributed by atoms with Crippen LogP contribution >= 0.6 is 11.3 Å². The molecule has 0 saturated carbocycles. The van der Waals surface area contributed by atoms with Gasteiger partial charge in [0.2, 0.25) is 0 Å². The third kappa shape index (κ3) is 4.26. The van der Waals surface area contributed by atoms with Gasteiger partial charge in [0.1, 0.15) is 11.4 Å². The second kappa shape index (κ2) is 8.15. The summed E-state index contributed by atoms with van der Waals surface area (Å²) in [6.45, 7) is 4.31. The molecule has 2 aromatic rings. The first-order chi connectivity index (χ1) is 11.8. The normalized spacial score (nSPS) is 15.0. The van der Waals surface area contributed by atoms with Crippen molar-refractivity contribution in [3.8, 4) is 5.75 Å². The summed E-state index contributed by atoms with van der Waals surface area (Å²) < 4.78 is 5.43. The van der Waals surface area contributed by atoms with Crippen LogP contribution in [0.1, 0.15) is 43.1 Å². The van der Waals surface area contributed by atoms with Crippen LogP contribution in [0.2, 0.25) is 0 Å². The quantitative estimate of drug-likeness (QED) is 0.878. The number of likely N-dealkylation sites (tertiary alicyclic amines) is 1. The Morgan fingerprint density at radius 1 is 1.21 bits per heavy atom. The van der Waals surface area contributed by atoms with Crippen molar-refractivity contribution in [1.29, 1.82) is 0 Å². The molecule has 128 valence electrons. The molecule has 2 heterocycles. The van der Waals surface area contributed by atoms with Crippen LogP contribution in [0.15, 0.2) is 29.6 Å². The van der Waals surface area contributed by atoms with Gasteiger partial charge in [-0.3, -0.25) is 4.79 Å². The van der Waals surface area contributed by atoms with Crippen molar-refractivity contribution in [2.45, 2.75) is 32.6 Å². The molecular formula is C18H23N3O2S. The fraction of sp³-hybridized carbons (Fsp3) is 0.444. The standard InChI is InChI=1S/C18H23N3O2S/c1-2-23-15-9-7-14(8-10-15)19-18-20-16(13-24-18)17(22)21-11-5-3-4-6-12-21/h7-10,13H,2-6,11-12H2,1H3,(H,19,20). The number of nitrogens with one attached hydrogen (secondary N) is 1. The largest absolute Gasteiger partial charge is 0.494 e. The van der Waals surface area contributed by atoms with Gasteiger partial charge in [0.15, 0.2) is 5.13 Å². The summed E-state index contributed by atoms with van der Waals surface area (Å²) in [7, 11) is 0. The van der Waals surface area contributed by atoms with Gasteiger partial charge in [0, 0.05) is 24.2 Å². The van der Waals surface area contributed by atoms with Gasteiger partial charge in [-0.25, -0.2) is 4.98 Å². The Labute approximate surface area is 146 Å². The van der Waals surface area contributed by atoms with Crippen molar-refractivity contribution in [3.63, 3.8) is 0 Å². The first kappa shape index (κ1) is 16.8. The van der Waals surface area contributed by atoms with Crippen molar-refractivity contribution in [2.24, 2.45) is 0 Å². The van der Waals surface area contributed by atoms with E-state index >= 15 is 0 Å². The topological polar surface area (TPSA) is 54.5 Å². The van der Waals surface area contributed by atoms with Gasteiger partial charge in [-0.05, 0) is 44.0 Å². The second-order valence-corrected chi connectivity index (χ2v) is 6.68. The van der Waals surface area contributed by atoms with E-state index in [0.717, 1.165) is 42.5 Å². The van der Waals surface area contributed by atoms with Crippen LogP contribution < -0.4 is 10.1 Å². The van der Waals surface area contributed by atoms with Gasteiger partial charge in [-0.1, -0.05) is 12.8 Å². The highest BCUT2D eigenvalue weighted by Gasteiger charge is 2.19. The molecule has 1 fully saturated rings. The van der Waals surface area contributed by atoms with Gasteiger partial charge < -0.3 is 15.0 Å². The van der Waals surface area contributed by atoms with E-state index < -0.39 is 0 Å². The summed E-state index contributed by atoms with van der Waals surface area (Å²) >= 11 is 1.46. The Morgan fingerprint density at radius 2 is 1.92 bits per heavy atom. The molecule has 6 heteroatoms. The molecule has 1 N–H and O–H groups in total. The number of amides is 1. The summed E-state index contributed by atoms with van der Waals surface area (Å²) in [5.41, 5.74) is 1.47. The summed E-state index contributed by atoms with van der Waals surface area (Å²) in [5.74, 6) is 0.895. The molecule has 0 aliphatic carbocycles. The molecule has 1 amide bonds. The van der Waals surface area contributed by atoms with Crippen LogP contribution in [0.3, 0.4) is 0 Å². The molecule has 0 atom stereocenters. The molecule has 1 aromatic heterocycles. The first-order valence-electron chi connectivity index (χ1n) is 8.51. The molecule has 5 nitrogen and oxygen atoms in total. The fourth-order valence-electron chi connectivity index (χ4n) is 2.79. The van der Waals surface area contributed by atoms with Crippen molar-refractivity contribution >= 4 is 28.1 Å². The second-order valence-electron chi connectivity index (χ2n) is 5.83. The Morgan fingerprint density at radius 3 is 2.58 bits per heavy atom. The Bertz CT molecular complexity index is 661. The molecule has 0 bridgehead atoms. The molecule has 0 spiro atoms. The maximum absolute atomic E-state index is 12.6. The van der Waals surface area contributed by atoms with E-state index in [-0.39, 0.29) is 5.91 Å². The smallest absolute Gasteiger partial charge is 0.273 e. The fourth-order valence-corrected chi connectivity index (χ4v) is 3.49. The van der Waals surface area contributed by atoms with E-state index in [0.29, 0.717) is 12.3 Å². The zero-order chi connectivity index (χ0) is 16.8. The van der Waals surface area contributed by atoms with Crippen molar-refractivity contribution in [1.82, 2.24) is 9.88 Å². The van der Waals surface area contributed by atoms with E-state index in [2.05, 4.69) is 10.3 Å². The number of carbonyl (C=O) groups is 1. The average molecular weight is 345 g/mol. The van der Waals surface area contributed by atoms with E-state index in [1.807, 2.05) is 41.5 Å². The minimum atomic E-state index is 0.0490. The summed E-state index contributed by atoms with van der Waals surface area (Å²) in [4.78, 5) is 18.9. The lowest BCUT2D eigenvalue weighted by Gasteiger charge is -2.18. The number of anilines is 2. The predicted octanol–water partition coefficient (Wildman–Crippen LogP) is 4.30. The number of ether oxygens (including phenoxy) is 1. The van der Waals surface area contributed by atoms with Crippen molar-refractivity contribution < 1.29 is 9.53 Å². The maximum atomic E-state index is 12.6. The molecule has 24 heavy (non-hydrogen) atoms. The number of benzene rings is 1. The van der Waals surface area contributed by atoms with Crippen LogP contribution in [-0.2, 0) is 0 Å². The highest BCUT2D eigenvalue weighted by atomic mass is 32.1. The monoisotopic (exact) mass is 345 g/mol. The van der Waals surface area contributed by atoms with E-state index in [1.165, 1.54) is 24.2 Å². The highest BCUT2D eigenvalue weighted by Crippen LogP contribution is 2.24. The van der Waals surface area contributed by atoms with Crippen molar-refractivity contribution in [3.05, 3.63) is 35.3 Å². The predicted molar refractivity (Wildman–Crippen MR) is 97.4 cm³/mol. The first-order valence-corrected chi connectivity index (χ1v) is 9.39. The molecular weight excluding hydrogens is 322 g/mol. The molecule has 1 saturated heterocycles. The SMILES string of the molecule is CCOc1ccc(Nc2nc(C(=O)N3CCCCCC3)cs2)cc1. The third-order valence-corrected chi connectivity index (χ3v) is 4.79. The van der Waals surface area contributed by atoms with Crippen LogP contribution in [0.5, 0.6) is 5.75 Å². The Balaban J connectivity index is 1.63. The van der Waals surface area contributed by atoms with Gasteiger partial charge in [0.05, 0.1) is 6.61 Å². The zero-order valence-corrected chi connectivity index (χ0v) is 14.8. The summed E-state index contributed by atoms with van der Waals surface area (Å²) in [6.07, 6.45) is 4.61. The van der Waals surface area contributed by atoms with Crippen molar-refractivity contribution in [2.75, 3.05) is 25.0 Å². The molecule has 1 aliphatic heterocycles. The van der Waals surface area contributed by atoms with E-state index in [1.54, 1.807) is 0 Å². The lowest BCUT2D eigenvalue weighted by molar-refractivity contribution is 0.0756. The number of hydrogen-bond acceptors (Lipinski definition) is 5. The minimum Gasteiger partial charge on any atom is -0.494 e. The van der Waals surface area contributed by atoms with E-state index in [9.17, 15) is 4.79 Å². The molecule has 1 aliphatic rings. The van der Waals surface area contributed by atoms with Gasteiger partial charge in [-0.2, -0.15) is 0 Å². The third-order valence-electron chi connectivity index (χ3n) is 4.03. The lowest BCUT2D eigenvalue weighted by Crippen LogP contribution is -2.32. The number of thiazole rings is 1.